The Hall–Kier alpha value is -2.62. The van der Waals surface area contributed by atoms with Crippen molar-refractivity contribution in [2.75, 3.05) is 6.54 Å². The summed E-state index contributed by atoms with van der Waals surface area (Å²) in [6.07, 6.45) is 2.96. The molecule has 0 bridgehead atoms. The van der Waals surface area contributed by atoms with Crippen LogP contribution in [0.15, 0.2) is 54.6 Å². The van der Waals surface area contributed by atoms with E-state index in [-0.39, 0.29) is 11.5 Å². The summed E-state index contributed by atoms with van der Waals surface area (Å²) < 4.78 is 0. The third kappa shape index (κ3) is 5.94. The van der Waals surface area contributed by atoms with Crippen LogP contribution < -0.4 is 5.32 Å². The molecule has 0 aromatic heterocycles. The number of aryl methyl sites for hydroxylation is 1. The summed E-state index contributed by atoms with van der Waals surface area (Å²) in [4.78, 5) is 22.5. The third-order valence-corrected chi connectivity index (χ3v) is 3.65. The lowest BCUT2D eigenvalue weighted by molar-refractivity contribution is -0.121. The summed E-state index contributed by atoms with van der Waals surface area (Å²) in [6, 6.07) is 16.9. The lowest BCUT2D eigenvalue weighted by Crippen LogP contribution is -2.25. The normalized spacial score (nSPS) is 10.3. The maximum atomic E-state index is 11.8. The molecule has 1 amide bonds. The van der Waals surface area contributed by atoms with Gasteiger partial charge in [-0.05, 0) is 42.5 Å². The molecule has 0 saturated heterocycles. The van der Waals surface area contributed by atoms with Crippen molar-refractivity contribution in [1.82, 2.24) is 5.32 Å². The van der Waals surface area contributed by atoms with Crippen LogP contribution in [-0.4, -0.2) is 23.5 Å². The van der Waals surface area contributed by atoms with Gasteiger partial charge >= 0.3 is 5.97 Å². The van der Waals surface area contributed by atoms with E-state index in [1.807, 2.05) is 18.2 Å². The van der Waals surface area contributed by atoms with Crippen molar-refractivity contribution in [2.45, 2.75) is 25.7 Å². The van der Waals surface area contributed by atoms with E-state index in [2.05, 4.69) is 17.4 Å². The minimum atomic E-state index is -0.928. The Kier molecular flexibility index (Phi) is 6.36. The van der Waals surface area contributed by atoms with E-state index in [0.29, 0.717) is 19.4 Å². The summed E-state index contributed by atoms with van der Waals surface area (Å²) in [5.41, 5.74) is 2.54. The van der Waals surface area contributed by atoms with E-state index in [1.54, 1.807) is 24.3 Å². The van der Waals surface area contributed by atoms with Crippen LogP contribution in [0.4, 0.5) is 0 Å². The largest absolute Gasteiger partial charge is 0.478 e. The Balaban J connectivity index is 1.63. The van der Waals surface area contributed by atoms with Crippen molar-refractivity contribution in [3.05, 3.63) is 71.3 Å². The molecule has 0 saturated carbocycles. The topological polar surface area (TPSA) is 66.4 Å². The predicted molar refractivity (Wildman–Crippen MR) is 89.5 cm³/mol. The highest BCUT2D eigenvalue weighted by Gasteiger charge is 2.03. The molecule has 4 nitrogen and oxygen atoms in total. The van der Waals surface area contributed by atoms with E-state index in [1.165, 1.54) is 5.56 Å². The first-order valence-electron chi connectivity index (χ1n) is 7.78. The molecule has 0 fully saturated rings. The molecule has 0 aliphatic carbocycles. The lowest BCUT2D eigenvalue weighted by Gasteiger charge is -2.06. The van der Waals surface area contributed by atoms with Crippen LogP contribution in [-0.2, 0) is 17.6 Å². The van der Waals surface area contributed by atoms with Crippen LogP contribution in [0, 0.1) is 0 Å². The third-order valence-electron chi connectivity index (χ3n) is 3.65. The van der Waals surface area contributed by atoms with Gasteiger partial charge in [-0.3, -0.25) is 4.79 Å². The number of carboxylic acids is 1. The first-order valence-corrected chi connectivity index (χ1v) is 7.78. The summed E-state index contributed by atoms with van der Waals surface area (Å²) in [7, 11) is 0. The molecular weight excluding hydrogens is 290 g/mol. The van der Waals surface area contributed by atoms with Crippen molar-refractivity contribution in [2.24, 2.45) is 0 Å². The maximum Gasteiger partial charge on any atom is 0.335 e. The minimum absolute atomic E-state index is 0.0584. The number of aromatic carboxylic acids is 1. The number of hydrogen-bond donors (Lipinski definition) is 2. The van der Waals surface area contributed by atoms with E-state index in [4.69, 9.17) is 5.11 Å². The standard InChI is InChI=1S/C19H21NO3/c21-18(8-4-7-15-5-2-1-3-6-15)20-14-13-16-9-11-17(12-10-16)19(22)23/h1-3,5-6,9-12H,4,7-8,13-14H2,(H,20,21)(H,22,23). The van der Waals surface area contributed by atoms with Crippen LogP contribution in [0.1, 0.15) is 34.3 Å². The number of benzene rings is 2. The van der Waals surface area contributed by atoms with Crippen LogP contribution >= 0.6 is 0 Å². The van der Waals surface area contributed by atoms with Crippen molar-refractivity contribution in [3.63, 3.8) is 0 Å². The molecular formula is C19H21NO3. The van der Waals surface area contributed by atoms with Crippen LogP contribution in [0.25, 0.3) is 0 Å². The molecule has 0 aliphatic heterocycles. The second-order valence-electron chi connectivity index (χ2n) is 5.44. The van der Waals surface area contributed by atoms with Crippen molar-refractivity contribution in [3.8, 4) is 0 Å². The molecule has 0 atom stereocenters. The Morgan fingerprint density at radius 3 is 2.17 bits per heavy atom. The number of carbonyl (C=O) groups excluding carboxylic acids is 1. The monoisotopic (exact) mass is 311 g/mol. The van der Waals surface area contributed by atoms with Gasteiger partial charge in [0.15, 0.2) is 0 Å². The van der Waals surface area contributed by atoms with Gasteiger partial charge in [-0.15, -0.1) is 0 Å². The first kappa shape index (κ1) is 16.7. The van der Waals surface area contributed by atoms with Gasteiger partial charge in [-0.2, -0.15) is 0 Å². The molecule has 0 spiro atoms. The van der Waals surface area contributed by atoms with E-state index < -0.39 is 5.97 Å². The Bertz CT molecular complexity index is 635. The average Bonchev–Trinajstić information content (AvgIpc) is 2.56. The van der Waals surface area contributed by atoms with E-state index in [9.17, 15) is 9.59 Å². The summed E-state index contributed by atoms with van der Waals surface area (Å²) in [6.45, 7) is 0.566. The van der Waals surface area contributed by atoms with E-state index in [0.717, 1.165) is 18.4 Å². The van der Waals surface area contributed by atoms with Gasteiger partial charge in [0.1, 0.15) is 0 Å². The molecule has 4 heteroatoms. The van der Waals surface area contributed by atoms with Gasteiger partial charge in [-0.25, -0.2) is 4.79 Å². The molecule has 0 radical (unpaired) electrons. The number of carboxylic acid groups (broad SMARTS) is 1. The van der Waals surface area contributed by atoms with Crippen LogP contribution in [0.5, 0.6) is 0 Å². The molecule has 0 heterocycles. The summed E-state index contributed by atoms with van der Waals surface area (Å²) in [5, 5.41) is 11.7. The average molecular weight is 311 g/mol. The fraction of sp³-hybridized carbons (Fsp3) is 0.263. The quantitative estimate of drug-likeness (QED) is 0.787. The summed E-state index contributed by atoms with van der Waals surface area (Å²) in [5.74, 6) is -0.869. The highest BCUT2D eigenvalue weighted by Crippen LogP contribution is 2.06. The second kappa shape index (κ2) is 8.73. The Labute approximate surface area is 136 Å². The zero-order valence-corrected chi connectivity index (χ0v) is 13.0. The van der Waals surface area contributed by atoms with Crippen molar-refractivity contribution in [1.29, 1.82) is 0 Å². The predicted octanol–water partition coefficient (Wildman–Crippen LogP) is 3.07. The molecule has 2 aromatic carbocycles. The molecule has 2 rings (SSSR count). The van der Waals surface area contributed by atoms with Gasteiger partial charge in [0.05, 0.1) is 5.56 Å². The second-order valence-corrected chi connectivity index (χ2v) is 5.44. The fourth-order valence-corrected chi connectivity index (χ4v) is 2.35. The first-order chi connectivity index (χ1) is 11.1. The molecule has 2 N–H and O–H groups in total. The maximum absolute atomic E-state index is 11.8. The number of hydrogen-bond acceptors (Lipinski definition) is 2. The number of amides is 1. The van der Waals surface area contributed by atoms with Crippen LogP contribution in [0.2, 0.25) is 0 Å². The molecule has 0 unspecified atom stereocenters. The van der Waals surface area contributed by atoms with Gasteiger partial charge in [0.25, 0.3) is 0 Å². The highest BCUT2D eigenvalue weighted by atomic mass is 16.4. The SMILES string of the molecule is O=C(CCCc1ccccc1)NCCc1ccc(C(=O)O)cc1. The van der Waals surface area contributed by atoms with Crippen molar-refractivity contribution >= 4 is 11.9 Å². The van der Waals surface area contributed by atoms with Crippen molar-refractivity contribution < 1.29 is 14.7 Å². The molecule has 0 aliphatic rings. The Morgan fingerprint density at radius 1 is 0.870 bits per heavy atom. The fourth-order valence-electron chi connectivity index (χ4n) is 2.35. The van der Waals surface area contributed by atoms with Gasteiger partial charge in [0.2, 0.25) is 5.91 Å². The number of carbonyl (C=O) groups is 2. The number of nitrogens with one attached hydrogen (secondary N) is 1. The van der Waals surface area contributed by atoms with Crippen LogP contribution in [0.3, 0.4) is 0 Å². The lowest BCUT2D eigenvalue weighted by atomic mass is 10.1. The minimum Gasteiger partial charge on any atom is -0.478 e. The summed E-state index contributed by atoms with van der Waals surface area (Å²) >= 11 is 0. The molecule has 120 valence electrons. The molecule has 23 heavy (non-hydrogen) atoms. The van der Waals surface area contributed by atoms with E-state index >= 15 is 0 Å². The molecule has 2 aromatic rings. The smallest absolute Gasteiger partial charge is 0.335 e. The highest BCUT2D eigenvalue weighted by molar-refractivity contribution is 5.87. The van der Waals surface area contributed by atoms with Gasteiger partial charge in [0, 0.05) is 13.0 Å². The van der Waals surface area contributed by atoms with Gasteiger partial charge < -0.3 is 10.4 Å². The number of rotatable bonds is 8. The zero-order chi connectivity index (χ0) is 16.5. The van der Waals surface area contributed by atoms with Gasteiger partial charge in [-0.1, -0.05) is 42.5 Å². The Morgan fingerprint density at radius 2 is 1.52 bits per heavy atom. The zero-order valence-electron chi connectivity index (χ0n) is 13.0.